The van der Waals surface area contributed by atoms with Gasteiger partial charge in [0.1, 0.15) is 5.69 Å². The molecule has 0 aliphatic rings. The van der Waals surface area contributed by atoms with Gasteiger partial charge in [-0.05, 0) is 43.9 Å². The molecule has 0 amide bonds. The van der Waals surface area contributed by atoms with Crippen LogP contribution < -0.4 is 5.32 Å². The molecule has 0 aliphatic heterocycles. The Bertz CT molecular complexity index is 821. The second-order valence-corrected chi connectivity index (χ2v) is 7.10. The average molecular weight is 398 g/mol. The van der Waals surface area contributed by atoms with Crippen molar-refractivity contribution in [3.63, 3.8) is 0 Å². The zero-order valence-corrected chi connectivity index (χ0v) is 16.0. The SMILES string of the molecule is C/C=C\SC(C)=N/C=C(\C)c1csc(Nc2ccc(C(F)(F)F)nc2)n1. The fourth-order valence-electron chi connectivity index (χ4n) is 1.72. The van der Waals surface area contributed by atoms with Gasteiger partial charge in [-0.3, -0.25) is 4.99 Å². The molecular weight excluding hydrogens is 381 g/mol. The molecule has 2 aromatic heterocycles. The Balaban J connectivity index is 2.05. The molecule has 1 N–H and O–H groups in total. The summed E-state index contributed by atoms with van der Waals surface area (Å²) in [4.78, 5) is 12.2. The van der Waals surface area contributed by atoms with E-state index in [0.717, 1.165) is 28.6 Å². The van der Waals surface area contributed by atoms with Crippen molar-refractivity contribution in [3.8, 4) is 0 Å². The molecule has 26 heavy (non-hydrogen) atoms. The summed E-state index contributed by atoms with van der Waals surface area (Å²) in [5.41, 5.74) is 1.16. The van der Waals surface area contributed by atoms with Crippen LogP contribution in [0.25, 0.3) is 5.57 Å². The molecule has 2 aromatic rings. The molecule has 9 heteroatoms. The highest BCUT2D eigenvalue weighted by molar-refractivity contribution is 8.16. The molecule has 0 fully saturated rings. The van der Waals surface area contributed by atoms with Crippen LogP contribution in [0.3, 0.4) is 0 Å². The fraction of sp³-hybridized carbons (Fsp3) is 0.235. The lowest BCUT2D eigenvalue weighted by molar-refractivity contribution is -0.141. The highest BCUT2D eigenvalue weighted by atomic mass is 32.2. The van der Waals surface area contributed by atoms with Crippen molar-refractivity contribution in [2.45, 2.75) is 26.9 Å². The first kappa shape index (κ1) is 20.2. The molecule has 4 nitrogen and oxygen atoms in total. The minimum Gasteiger partial charge on any atom is -0.330 e. The van der Waals surface area contributed by atoms with E-state index in [9.17, 15) is 13.2 Å². The molecule has 0 aliphatic carbocycles. The van der Waals surface area contributed by atoms with Crippen LogP contribution in [-0.2, 0) is 6.18 Å². The summed E-state index contributed by atoms with van der Waals surface area (Å²) in [7, 11) is 0. The number of thioether (sulfide) groups is 1. The normalized spacial score (nSPS) is 13.5. The number of aliphatic imine (C=N–C) groups is 1. The molecule has 0 saturated carbocycles. The zero-order chi connectivity index (χ0) is 19.2. The Labute approximate surface area is 158 Å². The Morgan fingerprint density at radius 3 is 2.69 bits per heavy atom. The van der Waals surface area contributed by atoms with E-state index >= 15 is 0 Å². The third-order valence-electron chi connectivity index (χ3n) is 3.03. The van der Waals surface area contributed by atoms with E-state index in [4.69, 9.17) is 0 Å². The van der Waals surface area contributed by atoms with E-state index < -0.39 is 11.9 Å². The summed E-state index contributed by atoms with van der Waals surface area (Å²) in [6.07, 6.45) is 0.371. The summed E-state index contributed by atoms with van der Waals surface area (Å²) in [6.45, 7) is 5.76. The number of rotatable bonds is 5. The lowest BCUT2D eigenvalue weighted by Crippen LogP contribution is -2.07. The average Bonchev–Trinajstić information content (AvgIpc) is 3.06. The third kappa shape index (κ3) is 5.99. The van der Waals surface area contributed by atoms with Gasteiger partial charge in [-0.1, -0.05) is 17.8 Å². The monoisotopic (exact) mass is 398 g/mol. The van der Waals surface area contributed by atoms with Crippen molar-refractivity contribution in [1.82, 2.24) is 9.97 Å². The molecule has 0 radical (unpaired) electrons. The predicted octanol–water partition coefficient (Wildman–Crippen LogP) is 6.35. The van der Waals surface area contributed by atoms with Crippen LogP contribution >= 0.6 is 23.1 Å². The van der Waals surface area contributed by atoms with E-state index in [0.29, 0.717) is 10.8 Å². The van der Waals surface area contributed by atoms with Gasteiger partial charge in [-0.25, -0.2) is 9.97 Å². The number of hydrogen-bond donors (Lipinski definition) is 1. The summed E-state index contributed by atoms with van der Waals surface area (Å²) in [6, 6.07) is 2.26. The quantitative estimate of drug-likeness (QED) is 0.471. The number of hydrogen-bond acceptors (Lipinski definition) is 6. The first-order chi connectivity index (χ1) is 12.3. The van der Waals surface area contributed by atoms with Gasteiger partial charge in [-0.2, -0.15) is 13.2 Å². The van der Waals surface area contributed by atoms with Gasteiger partial charge in [0.05, 0.1) is 22.6 Å². The Hall–Kier alpha value is -2.13. The van der Waals surface area contributed by atoms with Gasteiger partial charge in [0.25, 0.3) is 0 Å². The standard InChI is InChI=1S/C17H17F3N4S2/c1-4-7-25-12(3)21-8-11(2)14-10-26-16(24-14)23-13-5-6-15(22-9-13)17(18,19)20/h4-10H,1-3H3,(H,23,24)/b7-4-,11-8+,21-12?. The first-order valence-corrected chi connectivity index (χ1v) is 9.30. The Kier molecular flexibility index (Phi) is 6.98. The van der Waals surface area contributed by atoms with E-state index in [-0.39, 0.29) is 0 Å². The molecule has 0 unspecified atom stereocenters. The van der Waals surface area contributed by atoms with Gasteiger partial charge >= 0.3 is 6.18 Å². The highest BCUT2D eigenvalue weighted by Crippen LogP contribution is 2.29. The predicted molar refractivity (Wildman–Crippen MR) is 104 cm³/mol. The van der Waals surface area contributed by atoms with Gasteiger partial charge in [0.2, 0.25) is 0 Å². The van der Waals surface area contributed by atoms with E-state index in [1.165, 1.54) is 29.2 Å². The maximum absolute atomic E-state index is 12.5. The fourth-order valence-corrected chi connectivity index (χ4v) is 2.96. The van der Waals surface area contributed by atoms with Crippen molar-refractivity contribution >= 4 is 44.5 Å². The van der Waals surface area contributed by atoms with Gasteiger partial charge in [-0.15, -0.1) is 11.3 Å². The summed E-state index contributed by atoms with van der Waals surface area (Å²) in [5.74, 6) is 0. The van der Waals surface area contributed by atoms with Crippen LogP contribution in [0.2, 0.25) is 0 Å². The molecular formula is C17H17F3N4S2. The number of nitrogens with one attached hydrogen (secondary N) is 1. The number of anilines is 2. The molecule has 2 rings (SSSR count). The maximum Gasteiger partial charge on any atom is 0.433 e. The van der Waals surface area contributed by atoms with Crippen molar-refractivity contribution in [2.75, 3.05) is 5.32 Å². The number of halogens is 3. The van der Waals surface area contributed by atoms with Crippen molar-refractivity contribution < 1.29 is 13.2 Å². The topological polar surface area (TPSA) is 50.2 Å². The molecule has 0 bridgehead atoms. The van der Waals surface area contributed by atoms with Gasteiger partial charge in [0, 0.05) is 11.6 Å². The zero-order valence-electron chi connectivity index (χ0n) is 14.3. The third-order valence-corrected chi connectivity index (χ3v) is 4.64. The van der Waals surface area contributed by atoms with Crippen LogP contribution in [-0.4, -0.2) is 15.0 Å². The summed E-state index contributed by atoms with van der Waals surface area (Å²) < 4.78 is 37.6. The number of aromatic nitrogens is 2. The van der Waals surface area contributed by atoms with Crippen LogP contribution in [0.15, 0.2) is 46.4 Å². The summed E-state index contributed by atoms with van der Waals surface area (Å²) in [5, 5.41) is 8.24. The highest BCUT2D eigenvalue weighted by Gasteiger charge is 2.32. The van der Waals surface area contributed by atoms with E-state index in [2.05, 4.69) is 20.3 Å². The van der Waals surface area contributed by atoms with Crippen molar-refractivity contribution in [1.29, 1.82) is 0 Å². The largest absolute Gasteiger partial charge is 0.433 e. The minimum atomic E-state index is -4.45. The van der Waals surface area contributed by atoms with E-state index in [1.54, 1.807) is 6.20 Å². The molecule has 0 aromatic carbocycles. The molecule has 138 valence electrons. The Morgan fingerprint density at radius 1 is 1.31 bits per heavy atom. The van der Waals surface area contributed by atoms with Crippen molar-refractivity contribution in [2.24, 2.45) is 4.99 Å². The van der Waals surface area contributed by atoms with Crippen LogP contribution in [0.5, 0.6) is 0 Å². The van der Waals surface area contributed by atoms with Gasteiger partial charge in [0.15, 0.2) is 5.13 Å². The number of allylic oxidation sites excluding steroid dienone is 2. The van der Waals surface area contributed by atoms with Crippen molar-refractivity contribution in [3.05, 3.63) is 52.8 Å². The lowest BCUT2D eigenvalue weighted by Gasteiger charge is -2.06. The van der Waals surface area contributed by atoms with Crippen LogP contribution in [0, 0.1) is 0 Å². The number of alkyl halides is 3. The van der Waals surface area contributed by atoms with Gasteiger partial charge < -0.3 is 5.32 Å². The van der Waals surface area contributed by atoms with E-state index in [1.807, 2.05) is 37.6 Å². The second-order valence-electron chi connectivity index (χ2n) is 5.14. The second kappa shape index (κ2) is 9.00. The smallest absolute Gasteiger partial charge is 0.330 e. The molecule has 0 atom stereocenters. The number of thiazole rings is 1. The van der Waals surface area contributed by atoms with Crippen LogP contribution in [0.1, 0.15) is 32.2 Å². The lowest BCUT2D eigenvalue weighted by atomic mass is 10.3. The number of pyridine rings is 1. The first-order valence-electron chi connectivity index (χ1n) is 7.54. The maximum atomic E-state index is 12.5. The molecule has 2 heterocycles. The Morgan fingerprint density at radius 2 is 2.08 bits per heavy atom. The number of nitrogens with zero attached hydrogens (tertiary/aromatic N) is 3. The van der Waals surface area contributed by atoms with Crippen LogP contribution in [0.4, 0.5) is 24.0 Å². The molecule has 0 saturated heterocycles. The molecule has 0 spiro atoms. The minimum absolute atomic E-state index is 0.442. The summed E-state index contributed by atoms with van der Waals surface area (Å²) >= 11 is 2.88.